The fourth-order valence-corrected chi connectivity index (χ4v) is 3.11. The molecule has 0 aliphatic rings. The predicted molar refractivity (Wildman–Crippen MR) is 122 cm³/mol. The summed E-state index contributed by atoms with van der Waals surface area (Å²) in [4.78, 5) is 40.7. The number of hydrogen-bond donors (Lipinski definition) is 2. The summed E-state index contributed by atoms with van der Waals surface area (Å²) >= 11 is 0. The Morgan fingerprint density at radius 2 is 1.66 bits per heavy atom. The van der Waals surface area contributed by atoms with Crippen molar-refractivity contribution in [2.45, 2.75) is 45.3 Å². The van der Waals surface area contributed by atoms with Crippen molar-refractivity contribution in [2.24, 2.45) is 0 Å². The summed E-state index contributed by atoms with van der Waals surface area (Å²) in [5, 5.41) is 3.27. The monoisotopic (exact) mass is 487 g/mol. The van der Waals surface area contributed by atoms with Crippen LogP contribution in [0.4, 0.5) is 19.0 Å². The molecule has 0 fully saturated rings. The molecule has 0 radical (unpaired) electrons. The highest BCUT2D eigenvalue weighted by Crippen LogP contribution is 2.30. The van der Waals surface area contributed by atoms with Gasteiger partial charge in [0, 0.05) is 36.1 Å². The van der Waals surface area contributed by atoms with Gasteiger partial charge in [-0.15, -0.1) is 0 Å². The smallest absolute Gasteiger partial charge is 0.363 e. The van der Waals surface area contributed by atoms with Gasteiger partial charge in [0.05, 0.1) is 17.2 Å². The van der Waals surface area contributed by atoms with Gasteiger partial charge in [0.2, 0.25) is 0 Å². The molecule has 1 unspecified atom stereocenters. The third-order valence-corrected chi connectivity index (χ3v) is 5.02. The number of pyridine rings is 1. The quantitative estimate of drug-likeness (QED) is 0.426. The van der Waals surface area contributed by atoms with Crippen LogP contribution in [0, 0.1) is 0 Å². The Balaban J connectivity index is 1.68. The molecule has 1 amide bonds. The molecule has 1 aromatic carbocycles. The predicted octanol–water partition coefficient (Wildman–Crippen LogP) is 5.11. The minimum absolute atomic E-state index is 0.134. The summed E-state index contributed by atoms with van der Waals surface area (Å²) in [6.07, 6.45) is 1.91. The Bertz CT molecular complexity index is 1140. The van der Waals surface area contributed by atoms with Crippen LogP contribution in [0.1, 0.15) is 60.6 Å². The van der Waals surface area contributed by atoms with E-state index in [1.165, 1.54) is 24.4 Å². The lowest BCUT2D eigenvalue weighted by Gasteiger charge is -2.19. The normalized spacial score (nSPS) is 12.0. The second kappa shape index (κ2) is 11.4. The Kier molecular flexibility index (Phi) is 8.34. The van der Waals surface area contributed by atoms with Gasteiger partial charge in [-0.2, -0.15) is 18.7 Å². The van der Waals surface area contributed by atoms with Crippen LogP contribution in [0.3, 0.4) is 0 Å². The summed E-state index contributed by atoms with van der Waals surface area (Å²) in [6.45, 7) is 3.63. The highest BCUT2D eigenvalue weighted by atomic mass is 19.4. The highest BCUT2D eigenvalue weighted by Gasteiger charge is 2.30. The van der Waals surface area contributed by atoms with E-state index in [-0.39, 0.29) is 18.0 Å². The molecule has 35 heavy (non-hydrogen) atoms. The van der Waals surface area contributed by atoms with E-state index in [1.54, 1.807) is 25.4 Å². The Morgan fingerprint density at radius 3 is 2.20 bits per heavy atom. The molecule has 3 rings (SSSR count). The minimum atomic E-state index is -4.40. The van der Waals surface area contributed by atoms with Crippen molar-refractivity contribution >= 4 is 17.7 Å². The molecular formula is C24H24F3N5O3. The van der Waals surface area contributed by atoms with Crippen molar-refractivity contribution in [2.75, 3.05) is 5.32 Å². The molecule has 8 nitrogen and oxygen atoms in total. The average Bonchev–Trinajstić information content (AvgIpc) is 2.87. The van der Waals surface area contributed by atoms with Crippen LogP contribution in [0.25, 0.3) is 11.4 Å². The van der Waals surface area contributed by atoms with Gasteiger partial charge in [-0.1, -0.05) is 32.4 Å². The average molecular weight is 487 g/mol. The van der Waals surface area contributed by atoms with Gasteiger partial charge in [0.25, 0.3) is 5.91 Å². The van der Waals surface area contributed by atoms with Gasteiger partial charge in [0.15, 0.2) is 5.82 Å². The Labute approximate surface area is 199 Å². The number of benzene rings is 1. The van der Waals surface area contributed by atoms with Gasteiger partial charge in [-0.25, -0.2) is 19.7 Å². The molecule has 3 aromatic rings. The molecule has 0 aliphatic heterocycles. The molecule has 184 valence electrons. The SMILES string of the molecule is CCCC(Nc1ccc(C(=O)NOC(=O)CC)cn1)c1cnc(-c2ccc(C(F)(F)F)cc2)nc1. The number of carbonyl (C=O) groups excluding carboxylic acids is 2. The minimum Gasteiger partial charge on any atom is -0.363 e. The molecule has 0 spiro atoms. The van der Waals surface area contributed by atoms with E-state index in [9.17, 15) is 22.8 Å². The molecule has 0 saturated heterocycles. The molecule has 2 aromatic heterocycles. The number of alkyl halides is 3. The number of rotatable bonds is 8. The number of aromatic nitrogens is 3. The molecule has 2 N–H and O–H groups in total. The first-order valence-electron chi connectivity index (χ1n) is 10.9. The van der Waals surface area contributed by atoms with Crippen LogP contribution in [0.15, 0.2) is 55.0 Å². The summed E-state index contributed by atoms with van der Waals surface area (Å²) in [5.41, 5.74) is 2.80. The van der Waals surface area contributed by atoms with Crippen LogP contribution in [0.2, 0.25) is 0 Å². The van der Waals surface area contributed by atoms with Crippen molar-refractivity contribution < 1.29 is 27.6 Å². The molecular weight excluding hydrogens is 463 g/mol. The first-order valence-corrected chi connectivity index (χ1v) is 10.9. The topological polar surface area (TPSA) is 106 Å². The van der Waals surface area contributed by atoms with E-state index in [0.29, 0.717) is 17.2 Å². The van der Waals surface area contributed by atoms with Crippen LogP contribution in [-0.4, -0.2) is 26.8 Å². The Hall–Kier alpha value is -4.02. The summed E-state index contributed by atoms with van der Waals surface area (Å²) < 4.78 is 38.3. The number of amides is 1. The van der Waals surface area contributed by atoms with Crippen molar-refractivity contribution in [3.8, 4) is 11.4 Å². The number of anilines is 1. The van der Waals surface area contributed by atoms with Gasteiger partial charge < -0.3 is 10.2 Å². The van der Waals surface area contributed by atoms with E-state index in [0.717, 1.165) is 30.5 Å². The van der Waals surface area contributed by atoms with E-state index < -0.39 is 23.6 Å². The zero-order chi connectivity index (χ0) is 25.4. The fourth-order valence-electron chi connectivity index (χ4n) is 3.11. The van der Waals surface area contributed by atoms with Crippen molar-refractivity contribution in [1.82, 2.24) is 20.4 Å². The zero-order valence-electron chi connectivity index (χ0n) is 19.1. The fraction of sp³-hybridized carbons (Fsp3) is 0.292. The molecule has 0 saturated carbocycles. The number of hydroxylamine groups is 1. The van der Waals surface area contributed by atoms with Crippen molar-refractivity contribution in [3.05, 3.63) is 71.7 Å². The third-order valence-electron chi connectivity index (χ3n) is 5.02. The van der Waals surface area contributed by atoms with E-state index in [4.69, 9.17) is 0 Å². The maximum Gasteiger partial charge on any atom is 0.416 e. The molecule has 1 atom stereocenters. The largest absolute Gasteiger partial charge is 0.416 e. The van der Waals surface area contributed by atoms with Crippen LogP contribution >= 0.6 is 0 Å². The van der Waals surface area contributed by atoms with Crippen molar-refractivity contribution in [3.63, 3.8) is 0 Å². The van der Waals surface area contributed by atoms with Crippen LogP contribution in [-0.2, 0) is 15.8 Å². The maximum absolute atomic E-state index is 12.8. The highest BCUT2D eigenvalue weighted by molar-refractivity contribution is 5.94. The zero-order valence-corrected chi connectivity index (χ0v) is 19.1. The van der Waals surface area contributed by atoms with Crippen LogP contribution in [0.5, 0.6) is 0 Å². The molecule has 2 heterocycles. The van der Waals surface area contributed by atoms with Crippen molar-refractivity contribution in [1.29, 1.82) is 0 Å². The molecule has 0 aliphatic carbocycles. The van der Waals surface area contributed by atoms with E-state index in [1.807, 2.05) is 6.92 Å². The number of nitrogens with zero attached hydrogens (tertiary/aromatic N) is 3. The van der Waals surface area contributed by atoms with Gasteiger partial charge >= 0.3 is 12.1 Å². The lowest BCUT2D eigenvalue weighted by molar-refractivity contribution is -0.148. The van der Waals surface area contributed by atoms with Crippen LogP contribution < -0.4 is 10.8 Å². The van der Waals surface area contributed by atoms with E-state index >= 15 is 0 Å². The second-order valence-electron chi connectivity index (χ2n) is 7.59. The third kappa shape index (κ3) is 6.98. The van der Waals surface area contributed by atoms with Gasteiger partial charge in [0.1, 0.15) is 5.82 Å². The number of halogens is 3. The number of hydrogen-bond acceptors (Lipinski definition) is 7. The number of nitrogens with one attached hydrogen (secondary N) is 2. The standard InChI is InChI=1S/C24H24F3N5O3/c1-3-5-19(31-20-11-8-16(12-28-20)23(34)32-35-21(33)4-2)17-13-29-22(30-14-17)15-6-9-18(10-7-15)24(25,26)27/h6-14,19H,3-5H2,1-2H3,(H,28,31)(H,32,34). The maximum atomic E-state index is 12.8. The van der Waals surface area contributed by atoms with E-state index in [2.05, 4.69) is 30.6 Å². The molecule has 0 bridgehead atoms. The summed E-state index contributed by atoms with van der Waals surface area (Å²) in [7, 11) is 0. The Morgan fingerprint density at radius 1 is 0.971 bits per heavy atom. The second-order valence-corrected chi connectivity index (χ2v) is 7.59. The van der Waals surface area contributed by atoms with Gasteiger partial charge in [-0.05, 0) is 30.7 Å². The van der Waals surface area contributed by atoms with Gasteiger partial charge in [-0.3, -0.25) is 4.79 Å². The first kappa shape index (κ1) is 25.6. The molecule has 11 heteroatoms. The summed E-state index contributed by atoms with van der Waals surface area (Å²) in [5.74, 6) is -0.325. The lowest BCUT2D eigenvalue weighted by atomic mass is 10.1. The summed E-state index contributed by atoms with van der Waals surface area (Å²) in [6, 6.07) is 7.65. The number of carbonyl (C=O) groups is 2. The lowest BCUT2D eigenvalue weighted by Crippen LogP contribution is -2.26. The first-order chi connectivity index (χ1) is 16.7.